The van der Waals surface area contributed by atoms with E-state index in [1.54, 1.807) is 18.2 Å². The van der Waals surface area contributed by atoms with Crippen LogP contribution in [0.2, 0.25) is 5.02 Å². The maximum Gasteiger partial charge on any atom is 0.259 e. The molecule has 1 amide bonds. The van der Waals surface area contributed by atoms with Crippen LogP contribution in [-0.2, 0) is 0 Å². The number of nitrogens with one attached hydrogen (secondary N) is 2. The Morgan fingerprint density at radius 3 is 2.70 bits per heavy atom. The SMILES string of the molecule is Cc1ccc(Cl)c(NC(=O)c2cnc(C)cc2NN)c1. The standard InChI is InChI=1S/C14H15ClN4O/c1-8-3-4-11(15)13(5-8)18-14(20)10-7-17-9(2)6-12(10)19-16/h3-7H,16H2,1-2H3,(H,17,19)(H,18,20). The van der Waals surface area contributed by atoms with E-state index >= 15 is 0 Å². The second-order valence-corrected chi connectivity index (χ2v) is 4.86. The largest absolute Gasteiger partial charge is 0.323 e. The van der Waals surface area contributed by atoms with Gasteiger partial charge in [-0.2, -0.15) is 0 Å². The highest BCUT2D eigenvalue weighted by Gasteiger charge is 2.13. The number of anilines is 2. The molecular formula is C14H15ClN4O. The topological polar surface area (TPSA) is 80.0 Å². The smallest absolute Gasteiger partial charge is 0.259 e. The van der Waals surface area contributed by atoms with Gasteiger partial charge in [0.15, 0.2) is 0 Å². The first kappa shape index (κ1) is 14.3. The minimum absolute atomic E-state index is 0.321. The Kier molecular flexibility index (Phi) is 4.22. The lowest BCUT2D eigenvalue weighted by atomic mass is 10.2. The van der Waals surface area contributed by atoms with E-state index in [0.717, 1.165) is 11.3 Å². The summed E-state index contributed by atoms with van der Waals surface area (Å²) in [5.74, 6) is 5.10. The zero-order chi connectivity index (χ0) is 14.7. The second kappa shape index (κ2) is 5.90. The zero-order valence-electron chi connectivity index (χ0n) is 11.2. The van der Waals surface area contributed by atoms with E-state index in [1.165, 1.54) is 6.20 Å². The fourth-order valence-corrected chi connectivity index (χ4v) is 1.95. The maximum absolute atomic E-state index is 12.3. The average molecular weight is 291 g/mol. The summed E-state index contributed by atoms with van der Waals surface area (Å²) in [4.78, 5) is 16.4. The van der Waals surface area contributed by atoms with Gasteiger partial charge in [-0.15, -0.1) is 0 Å². The van der Waals surface area contributed by atoms with Crippen LogP contribution in [0.1, 0.15) is 21.6 Å². The number of hydrazine groups is 1. The van der Waals surface area contributed by atoms with Crippen molar-refractivity contribution in [2.45, 2.75) is 13.8 Å². The van der Waals surface area contributed by atoms with Crippen molar-refractivity contribution in [2.24, 2.45) is 5.84 Å². The minimum Gasteiger partial charge on any atom is -0.323 e. The fraction of sp³-hybridized carbons (Fsp3) is 0.143. The van der Waals surface area contributed by atoms with Crippen LogP contribution in [0.25, 0.3) is 0 Å². The minimum atomic E-state index is -0.321. The lowest BCUT2D eigenvalue weighted by Gasteiger charge is -2.11. The average Bonchev–Trinajstić information content (AvgIpc) is 2.42. The van der Waals surface area contributed by atoms with Gasteiger partial charge in [-0.3, -0.25) is 15.6 Å². The summed E-state index contributed by atoms with van der Waals surface area (Å²) in [6.45, 7) is 3.74. The summed E-state index contributed by atoms with van der Waals surface area (Å²) < 4.78 is 0. The fourth-order valence-electron chi connectivity index (χ4n) is 1.78. The first-order chi connectivity index (χ1) is 9.51. The van der Waals surface area contributed by atoms with Gasteiger partial charge >= 0.3 is 0 Å². The summed E-state index contributed by atoms with van der Waals surface area (Å²) in [7, 11) is 0. The first-order valence-electron chi connectivity index (χ1n) is 6.02. The number of halogens is 1. The quantitative estimate of drug-likeness (QED) is 0.600. The third-order valence-electron chi connectivity index (χ3n) is 2.81. The maximum atomic E-state index is 12.3. The molecule has 2 rings (SSSR count). The Balaban J connectivity index is 2.30. The molecule has 0 saturated heterocycles. The molecule has 20 heavy (non-hydrogen) atoms. The third kappa shape index (κ3) is 3.07. The van der Waals surface area contributed by atoms with Crippen molar-refractivity contribution in [3.05, 3.63) is 52.3 Å². The molecule has 104 valence electrons. The molecule has 0 bridgehead atoms. The molecule has 0 aliphatic carbocycles. The van der Waals surface area contributed by atoms with Crippen molar-refractivity contribution in [2.75, 3.05) is 10.7 Å². The number of aromatic nitrogens is 1. The molecule has 0 atom stereocenters. The first-order valence-corrected chi connectivity index (χ1v) is 6.40. The molecule has 0 aliphatic rings. The van der Waals surface area contributed by atoms with Gasteiger partial charge in [-0.05, 0) is 37.6 Å². The van der Waals surface area contributed by atoms with Crippen LogP contribution in [0, 0.1) is 13.8 Å². The Hall–Kier alpha value is -2.11. The van der Waals surface area contributed by atoms with Gasteiger partial charge in [0.05, 0.1) is 22.0 Å². The lowest BCUT2D eigenvalue weighted by molar-refractivity contribution is 0.102. The number of benzene rings is 1. The predicted octanol–water partition coefficient (Wildman–Crippen LogP) is 2.89. The molecule has 1 aromatic carbocycles. The van der Waals surface area contributed by atoms with E-state index in [2.05, 4.69) is 15.7 Å². The summed E-state index contributed by atoms with van der Waals surface area (Å²) >= 11 is 6.06. The number of hydrogen-bond acceptors (Lipinski definition) is 4. The molecule has 0 unspecified atom stereocenters. The number of carbonyl (C=O) groups excluding carboxylic acids is 1. The molecule has 2 aromatic rings. The van der Waals surface area contributed by atoms with Gasteiger partial charge in [0, 0.05) is 11.9 Å². The molecular weight excluding hydrogens is 276 g/mol. The molecule has 0 aliphatic heterocycles. The molecule has 0 radical (unpaired) electrons. The van der Waals surface area contributed by atoms with E-state index in [4.69, 9.17) is 17.4 Å². The van der Waals surface area contributed by atoms with Crippen LogP contribution in [0.4, 0.5) is 11.4 Å². The van der Waals surface area contributed by atoms with Gasteiger partial charge in [0.25, 0.3) is 5.91 Å². The van der Waals surface area contributed by atoms with Crippen LogP contribution < -0.4 is 16.6 Å². The van der Waals surface area contributed by atoms with Crippen LogP contribution in [0.5, 0.6) is 0 Å². The number of carbonyl (C=O) groups is 1. The number of hydrogen-bond donors (Lipinski definition) is 3. The highest BCUT2D eigenvalue weighted by molar-refractivity contribution is 6.34. The molecule has 5 nitrogen and oxygen atoms in total. The molecule has 0 saturated carbocycles. The summed E-state index contributed by atoms with van der Waals surface area (Å²) in [6.07, 6.45) is 1.48. The summed E-state index contributed by atoms with van der Waals surface area (Å²) in [5, 5.41) is 3.23. The number of nitrogens with two attached hydrogens (primary N) is 1. The number of aryl methyl sites for hydroxylation is 2. The third-order valence-corrected chi connectivity index (χ3v) is 3.14. The van der Waals surface area contributed by atoms with E-state index in [0.29, 0.717) is 22.0 Å². The van der Waals surface area contributed by atoms with Crippen molar-refractivity contribution in [1.29, 1.82) is 0 Å². The van der Waals surface area contributed by atoms with Gasteiger partial charge < -0.3 is 10.7 Å². The van der Waals surface area contributed by atoms with Crippen LogP contribution in [0.15, 0.2) is 30.5 Å². The number of pyridine rings is 1. The normalized spacial score (nSPS) is 10.2. The predicted molar refractivity (Wildman–Crippen MR) is 80.9 cm³/mol. The molecule has 0 fully saturated rings. The lowest BCUT2D eigenvalue weighted by Crippen LogP contribution is -2.18. The Bertz CT molecular complexity index is 658. The van der Waals surface area contributed by atoms with Crippen LogP contribution in [-0.4, -0.2) is 10.9 Å². The van der Waals surface area contributed by atoms with E-state index in [-0.39, 0.29) is 5.91 Å². The number of amides is 1. The Labute approximate surface area is 122 Å². The van der Waals surface area contributed by atoms with Crippen molar-refractivity contribution in [3.8, 4) is 0 Å². The monoisotopic (exact) mass is 290 g/mol. The summed E-state index contributed by atoms with van der Waals surface area (Å²) in [5.41, 5.74) is 5.69. The molecule has 0 spiro atoms. The van der Waals surface area contributed by atoms with Crippen LogP contribution in [0.3, 0.4) is 0 Å². The molecule has 4 N–H and O–H groups in total. The second-order valence-electron chi connectivity index (χ2n) is 4.45. The van der Waals surface area contributed by atoms with Gasteiger partial charge in [-0.1, -0.05) is 17.7 Å². The van der Waals surface area contributed by atoms with E-state index in [9.17, 15) is 4.79 Å². The van der Waals surface area contributed by atoms with E-state index < -0.39 is 0 Å². The Morgan fingerprint density at radius 1 is 1.25 bits per heavy atom. The molecule has 1 aromatic heterocycles. The van der Waals surface area contributed by atoms with Crippen LogP contribution >= 0.6 is 11.6 Å². The number of nitrogen functional groups attached to an aromatic ring is 1. The Morgan fingerprint density at radius 2 is 2.00 bits per heavy atom. The van der Waals surface area contributed by atoms with Gasteiger partial charge in [0.2, 0.25) is 0 Å². The zero-order valence-corrected chi connectivity index (χ0v) is 12.0. The number of rotatable bonds is 3. The molecule has 1 heterocycles. The highest BCUT2D eigenvalue weighted by atomic mass is 35.5. The number of nitrogens with zero attached hydrogens (tertiary/aromatic N) is 1. The summed E-state index contributed by atoms with van der Waals surface area (Å²) in [6, 6.07) is 7.12. The van der Waals surface area contributed by atoms with Crippen molar-refractivity contribution >= 4 is 28.9 Å². The van der Waals surface area contributed by atoms with Crippen molar-refractivity contribution in [1.82, 2.24) is 4.98 Å². The van der Waals surface area contributed by atoms with Crippen molar-refractivity contribution in [3.63, 3.8) is 0 Å². The van der Waals surface area contributed by atoms with Gasteiger partial charge in [0.1, 0.15) is 0 Å². The highest BCUT2D eigenvalue weighted by Crippen LogP contribution is 2.24. The van der Waals surface area contributed by atoms with Gasteiger partial charge in [-0.25, -0.2) is 0 Å². The molecule has 6 heteroatoms. The van der Waals surface area contributed by atoms with Crippen molar-refractivity contribution < 1.29 is 4.79 Å². The van der Waals surface area contributed by atoms with E-state index in [1.807, 2.05) is 19.9 Å².